The molecule has 1 saturated heterocycles. The Morgan fingerprint density at radius 1 is 1.82 bits per heavy atom. The van der Waals surface area contributed by atoms with Gasteiger partial charge in [-0.05, 0) is 6.92 Å². The van der Waals surface area contributed by atoms with E-state index in [4.69, 9.17) is 9.47 Å². The van der Waals surface area contributed by atoms with Crippen LogP contribution in [0.1, 0.15) is 6.92 Å². The summed E-state index contributed by atoms with van der Waals surface area (Å²) in [6, 6.07) is 0. The minimum atomic E-state index is -0.381. The lowest BCUT2D eigenvalue weighted by Crippen LogP contribution is -2.09. The molecule has 0 aromatic carbocycles. The third-order valence-corrected chi connectivity index (χ3v) is 1.31. The van der Waals surface area contributed by atoms with Crippen LogP contribution in [0.4, 0.5) is 0 Å². The Morgan fingerprint density at radius 3 is 2.73 bits per heavy atom. The summed E-state index contributed by atoms with van der Waals surface area (Å²) in [5.74, 6) is 0.299. The van der Waals surface area contributed by atoms with Crippen LogP contribution in [0.2, 0.25) is 0 Å². The van der Waals surface area contributed by atoms with Crippen LogP contribution >= 0.6 is 0 Å². The van der Waals surface area contributed by atoms with E-state index in [-0.39, 0.29) is 18.7 Å². The van der Waals surface area contributed by atoms with E-state index >= 15 is 0 Å². The van der Waals surface area contributed by atoms with Gasteiger partial charge < -0.3 is 9.47 Å². The van der Waals surface area contributed by atoms with Gasteiger partial charge in [0.25, 0.3) is 0 Å². The van der Waals surface area contributed by atoms with Gasteiger partial charge in [-0.2, -0.15) is 0 Å². The maximum atomic E-state index is 10.8. The summed E-state index contributed by atoms with van der Waals surface area (Å²) in [7, 11) is 0. The van der Waals surface area contributed by atoms with Crippen molar-refractivity contribution in [1.82, 2.24) is 0 Å². The van der Waals surface area contributed by atoms with Crippen molar-refractivity contribution in [1.29, 1.82) is 0 Å². The highest BCUT2D eigenvalue weighted by Crippen LogP contribution is 2.24. The standard InChI is InChI=1S/C8H10O3/c1-5(2)8(9)10-4-7-6(3)11-7/h7H,1,3-4H2,2H3. The van der Waals surface area contributed by atoms with Crippen LogP contribution in [0, 0.1) is 0 Å². The van der Waals surface area contributed by atoms with Gasteiger partial charge in [-0.1, -0.05) is 13.2 Å². The van der Waals surface area contributed by atoms with E-state index in [1.165, 1.54) is 0 Å². The van der Waals surface area contributed by atoms with Gasteiger partial charge in [0.2, 0.25) is 0 Å². The first-order valence-electron chi connectivity index (χ1n) is 3.29. The molecule has 3 nitrogen and oxygen atoms in total. The number of hydrogen-bond donors (Lipinski definition) is 0. The lowest BCUT2D eigenvalue weighted by atomic mass is 10.3. The van der Waals surface area contributed by atoms with E-state index in [1.807, 2.05) is 0 Å². The lowest BCUT2D eigenvalue weighted by molar-refractivity contribution is -0.139. The SMILES string of the molecule is C=C(C)C(=O)OCC1OC1=C. The molecule has 1 unspecified atom stereocenters. The molecule has 1 aliphatic rings. The zero-order chi connectivity index (χ0) is 8.43. The fraction of sp³-hybridized carbons (Fsp3) is 0.375. The molecule has 0 bridgehead atoms. The number of carbonyl (C=O) groups is 1. The van der Waals surface area contributed by atoms with Crippen molar-refractivity contribution >= 4 is 5.97 Å². The number of carbonyl (C=O) groups excluding carboxylic acids is 1. The minimum absolute atomic E-state index is 0.0849. The van der Waals surface area contributed by atoms with Crippen LogP contribution in [0.15, 0.2) is 24.5 Å². The van der Waals surface area contributed by atoms with Crippen molar-refractivity contribution in [2.24, 2.45) is 0 Å². The first-order chi connectivity index (χ1) is 5.11. The molecule has 0 radical (unpaired) electrons. The van der Waals surface area contributed by atoms with Crippen molar-refractivity contribution in [3.05, 3.63) is 24.5 Å². The number of hydrogen-bond acceptors (Lipinski definition) is 3. The number of esters is 1. The largest absolute Gasteiger partial charge is 0.480 e. The van der Waals surface area contributed by atoms with Gasteiger partial charge in [0.1, 0.15) is 12.4 Å². The predicted octanol–water partition coefficient (Wildman–Crippen LogP) is 1.02. The number of rotatable bonds is 3. The summed E-state index contributed by atoms with van der Waals surface area (Å²) in [6.45, 7) is 8.83. The van der Waals surface area contributed by atoms with Gasteiger partial charge in [-0.15, -0.1) is 0 Å². The molecule has 1 rings (SSSR count). The van der Waals surface area contributed by atoms with Crippen molar-refractivity contribution in [3.63, 3.8) is 0 Å². The zero-order valence-electron chi connectivity index (χ0n) is 6.42. The zero-order valence-corrected chi connectivity index (χ0v) is 6.42. The highest BCUT2D eigenvalue weighted by molar-refractivity contribution is 5.86. The summed E-state index contributed by atoms with van der Waals surface area (Å²) >= 11 is 0. The van der Waals surface area contributed by atoms with E-state index in [1.54, 1.807) is 6.92 Å². The average molecular weight is 154 g/mol. The van der Waals surface area contributed by atoms with E-state index in [0.29, 0.717) is 11.3 Å². The van der Waals surface area contributed by atoms with Crippen molar-refractivity contribution < 1.29 is 14.3 Å². The summed E-state index contributed by atoms with van der Waals surface area (Å²) in [5.41, 5.74) is 0.399. The Bertz CT molecular complexity index is 217. The highest BCUT2D eigenvalue weighted by atomic mass is 16.6. The molecule has 0 aliphatic carbocycles. The van der Waals surface area contributed by atoms with E-state index < -0.39 is 0 Å². The topological polar surface area (TPSA) is 38.8 Å². The predicted molar refractivity (Wildman–Crippen MR) is 39.8 cm³/mol. The molecule has 1 heterocycles. The molecule has 0 aromatic heterocycles. The third-order valence-electron chi connectivity index (χ3n) is 1.31. The van der Waals surface area contributed by atoms with Gasteiger partial charge in [-0.3, -0.25) is 0 Å². The van der Waals surface area contributed by atoms with Gasteiger partial charge >= 0.3 is 5.97 Å². The van der Waals surface area contributed by atoms with E-state index in [0.717, 1.165) is 0 Å². The molecular formula is C8H10O3. The Labute approximate surface area is 65.3 Å². The summed E-state index contributed by atoms with van der Waals surface area (Å²) in [5, 5.41) is 0. The maximum absolute atomic E-state index is 10.8. The van der Waals surface area contributed by atoms with Gasteiger partial charge in [0, 0.05) is 5.57 Å². The molecular weight excluding hydrogens is 144 g/mol. The molecule has 0 aromatic rings. The number of ether oxygens (including phenoxy) is 2. The van der Waals surface area contributed by atoms with Crippen molar-refractivity contribution in [2.75, 3.05) is 6.61 Å². The fourth-order valence-electron chi connectivity index (χ4n) is 0.550. The second-order valence-corrected chi connectivity index (χ2v) is 2.45. The van der Waals surface area contributed by atoms with Crippen LogP contribution in [-0.2, 0) is 14.3 Å². The second-order valence-electron chi connectivity index (χ2n) is 2.45. The van der Waals surface area contributed by atoms with Crippen LogP contribution < -0.4 is 0 Å². The first kappa shape index (κ1) is 7.85. The maximum Gasteiger partial charge on any atom is 0.333 e. The quantitative estimate of drug-likeness (QED) is 0.346. The van der Waals surface area contributed by atoms with Crippen molar-refractivity contribution in [3.8, 4) is 0 Å². The molecule has 0 spiro atoms. The third kappa shape index (κ3) is 2.11. The van der Waals surface area contributed by atoms with E-state index in [2.05, 4.69) is 13.2 Å². The first-order valence-corrected chi connectivity index (χ1v) is 3.29. The van der Waals surface area contributed by atoms with E-state index in [9.17, 15) is 4.79 Å². The minimum Gasteiger partial charge on any atom is -0.480 e. The molecule has 0 N–H and O–H groups in total. The summed E-state index contributed by atoms with van der Waals surface area (Å²) in [4.78, 5) is 10.8. The van der Waals surface area contributed by atoms with Gasteiger partial charge in [0.05, 0.1) is 0 Å². The molecule has 1 aliphatic heterocycles. The second kappa shape index (κ2) is 2.78. The van der Waals surface area contributed by atoms with Crippen molar-refractivity contribution in [2.45, 2.75) is 13.0 Å². The van der Waals surface area contributed by atoms with Crippen LogP contribution in [0.5, 0.6) is 0 Å². The Morgan fingerprint density at radius 2 is 2.36 bits per heavy atom. The molecule has 3 heteroatoms. The summed E-state index contributed by atoms with van der Waals surface area (Å²) in [6.07, 6.45) is -0.0849. The Hall–Kier alpha value is -1.25. The Kier molecular flexibility index (Phi) is 1.98. The van der Waals surface area contributed by atoms with Crippen LogP contribution in [0.25, 0.3) is 0 Å². The van der Waals surface area contributed by atoms with Gasteiger partial charge in [0.15, 0.2) is 6.10 Å². The summed E-state index contributed by atoms with van der Waals surface area (Å²) < 4.78 is 9.62. The molecule has 11 heavy (non-hydrogen) atoms. The molecule has 1 fully saturated rings. The number of epoxide rings is 1. The smallest absolute Gasteiger partial charge is 0.333 e. The Balaban J connectivity index is 2.17. The van der Waals surface area contributed by atoms with Crippen LogP contribution in [0.3, 0.4) is 0 Å². The molecule has 0 amide bonds. The van der Waals surface area contributed by atoms with Crippen LogP contribution in [-0.4, -0.2) is 18.7 Å². The fourth-order valence-corrected chi connectivity index (χ4v) is 0.550. The monoisotopic (exact) mass is 154 g/mol. The lowest BCUT2D eigenvalue weighted by Gasteiger charge is -1.98. The highest BCUT2D eigenvalue weighted by Gasteiger charge is 2.31. The molecule has 60 valence electrons. The average Bonchev–Trinajstić information content (AvgIpc) is 2.61. The van der Waals surface area contributed by atoms with Gasteiger partial charge in [-0.25, -0.2) is 4.79 Å². The normalized spacial score (nSPS) is 20.5. The molecule has 1 atom stereocenters. The molecule has 0 saturated carbocycles.